The summed E-state index contributed by atoms with van der Waals surface area (Å²) in [7, 11) is 4.02. The predicted molar refractivity (Wildman–Crippen MR) is 159 cm³/mol. The number of rotatable bonds is 10. The molecule has 1 saturated heterocycles. The Morgan fingerprint density at radius 1 is 1.10 bits per heavy atom. The van der Waals surface area contributed by atoms with E-state index in [1.54, 1.807) is 6.20 Å². The molecular formula is C29H42BrN7O2. The van der Waals surface area contributed by atoms with Crippen molar-refractivity contribution in [2.45, 2.75) is 76.9 Å². The molecular weight excluding hydrogens is 558 g/mol. The first-order valence-corrected chi connectivity index (χ1v) is 15.0. The average molecular weight is 601 g/mol. The van der Waals surface area contributed by atoms with Crippen molar-refractivity contribution in [3.8, 4) is 0 Å². The Balaban J connectivity index is 1.38. The third-order valence-corrected chi connectivity index (χ3v) is 8.78. The normalized spacial score (nSPS) is 20.2. The zero-order valence-corrected chi connectivity index (χ0v) is 25.1. The first-order valence-electron chi connectivity index (χ1n) is 14.2. The van der Waals surface area contributed by atoms with Crippen LogP contribution in [0.4, 0.5) is 17.5 Å². The standard InChI is InChI=1S/C29H42BrN7O2/c1-5-20(6-2)32-27(38)23-8-7-9-25(23)34-26-24(30)18-31-29(35-26)33-21-12-10-19(11-13-21)28(39)37(4)22-14-16-36(3)17-15-22/h10-13,18,20,22-23,25H,5-9,14-17H2,1-4H3,(H,32,38)(H2,31,33,34,35)/t23-,25+/m0/s1. The van der Waals surface area contributed by atoms with E-state index in [4.69, 9.17) is 0 Å². The summed E-state index contributed by atoms with van der Waals surface area (Å²) in [4.78, 5) is 39.3. The second kappa shape index (κ2) is 13.6. The summed E-state index contributed by atoms with van der Waals surface area (Å²) in [5.41, 5.74) is 1.46. The van der Waals surface area contributed by atoms with Crippen molar-refractivity contribution in [2.24, 2.45) is 5.92 Å². The fourth-order valence-corrected chi connectivity index (χ4v) is 5.83. The topological polar surface area (TPSA) is 102 Å². The molecule has 2 aromatic rings. The number of benzene rings is 1. The molecule has 1 aromatic heterocycles. The van der Waals surface area contributed by atoms with Crippen molar-refractivity contribution in [2.75, 3.05) is 37.8 Å². The molecule has 4 rings (SSSR count). The summed E-state index contributed by atoms with van der Waals surface area (Å²) >= 11 is 3.56. The molecule has 2 aliphatic rings. The zero-order valence-electron chi connectivity index (χ0n) is 23.5. The van der Waals surface area contributed by atoms with Gasteiger partial charge in [0.15, 0.2) is 0 Å². The highest BCUT2D eigenvalue weighted by molar-refractivity contribution is 9.10. The molecule has 10 heteroatoms. The van der Waals surface area contributed by atoms with Gasteiger partial charge in [0.1, 0.15) is 5.82 Å². The second-order valence-corrected chi connectivity index (χ2v) is 11.7. The minimum absolute atomic E-state index is 0.0188. The van der Waals surface area contributed by atoms with Gasteiger partial charge in [0.25, 0.3) is 5.91 Å². The number of carbonyl (C=O) groups is 2. The van der Waals surface area contributed by atoms with Crippen molar-refractivity contribution >= 4 is 45.2 Å². The number of amides is 2. The lowest BCUT2D eigenvalue weighted by Crippen LogP contribution is -2.44. The van der Waals surface area contributed by atoms with Crippen LogP contribution in [0.5, 0.6) is 0 Å². The molecule has 9 nitrogen and oxygen atoms in total. The van der Waals surface area contributed by atoms with E-state index >= 15 is 0 Å². The van der Waals surface area contributed by atoms with Crippen LogP contribution in [-0.2, 0) is 4.79 Å². The number of aromatic nitrogens is 2. The van der Waals surface area contributed by atoms with Crippen LogP contribution in [0.1, 0.15) is 69.2 Å². The first-order chi connectivity index (χ1) is 18.8. The molecule has 3 N–H and O–H groups in total. The Labute approximate surface area is 240 Å². The molecule has 2 fully saturated rings. The van der Waals surface area contributed by atoms with Gasteiger partial charge in [-0.1, -0.05) is 20.3 Å². The van der Waals surface area contributed by atoms with Gasteiger partial charge >= 0.3 is 0 Å². The first kappa shape index (κ1) is 29.3. The third-order valence-electron chi connectivity index (χ3n) is 8.20. The summed E-state index contributed by atoms with van der Waals surface area (Å²) in [6.07, 6.45) is 8.37. The second-order valence-electron chi connectivity index (χ2n) is 10.9. The van der Waals surface area contributed by atoms with Crippen LogP contribution in [0.3, 0.4) is 0 Å². The molecule has 0 radical (unpaired) electrons. The Morgan fingerprint density at radius 2 is 1.79 bits per heavy atom. The summed E-state index contributed by atoms with van der Waals surface area (Å²) in [5, 5.41) is 9.94. The minimum Gasteiger partial charge on any atom is -0.365 e. The summed E-state index contributed by atoms with van der Waals surface area (Å²) in [6.45, 7) is 6.24. The van der Waals surface area contributed by atoms with Crippen LogP contribution in [0.15, 0.2) is 34.9 Å². The van der Waals surface area contributed by atoms with Gasteiger partial charge in [-0.25, -0.2) is 4.98 Å². The minimum atomic E-state index is -0.0818. The fraction of sp³-hybridized carbons (Fsp3) is 0.586. The Hall–Kier alpha value is -2.72. The van der Waals surface area contributed by atoms with E-state index < -0.39 is 0 Å². The van der Waals surface area contributed by atoms with Crippen molar-refractivity contribution in [3.63, 3.8) is 0 Å². The lowest BCUT2D eigenvalue weighted by atomic mass is 10.0. The maximum atomic E-state index is 13.0. The number of likely N-dealkylation sites (tertiary alicyclic amines) is 1. The van der Waals surface area contributed by atoms with E-state index in [0.29, 0.717) is 17.3 Å². The van der Waals surface area contributed by atoms with E-state index in [1.165, 1.54) is 0 Å². The fourth-order valence-electron chi connectivity index (χ4n) is 5.53. The molecule has 212 valence electrons. The quantitative estimate of drug-likeness (QED) is 0.352. The molecule has 0 spiro atoms. The van der Waals surface area contributed by atoms with Gasteiger partial charge < -0.3 is 25.8 Å². The van der Waals surface area contributed by atoms with Crippen LogP contribution in [0, 0.1) is 5.92 Å². The lowest BCUT2D eigenvalue weighted by molar-refractivity contribution is -0.125. The predicted octanol–water partition coefficient (Wildman–Crippen LogP) is 5.03. The molecule has 0 bridgehead atoms. The lowest BCUT2D eigenvalue weighted by Gasteiger charge is -2.35. The van der Waals surface area contributed by atoms with E-state index in [1.807, 2.05) is 36.2 Å². The molecule has 39 heavy (non-hydrogen) atoms. The number of anilines is 3. The van der Waals surface area contributed by atoms with Gasteiger partial charge in [-0.15, -0.1) is 0 Å². The number of halogens is 1. The maximum Gasteiger partial charge on any atom is 0.253 e. The third kappa shape index (κ3) is 7.48. The highest BCUT2D eigenvalue weighted by Gasteiger charge is 2.34. The van der Waals surface area contributed by atoms with Gasteiger partial charge in [0, 0.05) is 42.6 Å². The van der Waals surface area contributed by atoms with E-state index in [2.05, 4.69) is 67.6 Å². The summed E-state index contributed by atoms with van der Waals surface area (Å²) in [6, 6.07) is 7.96. The monoisotopic (exact) mass is 599 g/mol. The van der Waals surface area contributed by atoms with Crippen molar-refractivity contribution in [3.05, 3.63) is 40.5 Å². The van der Waals surface area contributed by atoms with Gasteiger partial charge in [-0.2, -0.15) is 4.98 Å². The Morgan fingerprint density at radius 3 is 2.46 bits per heavy atom. The van der Waals surface area contributed by atoms with Crippen LogP contribution in [0.2, 0.25) is 0 Å². The summed E-state index contributed by atoms with van der Waals surface area (Å²) in [5.74, 6) is 1.19. The SMILES string of the molecule is CCC(CC)NC(=O)[C@H]1CCC[C@H]1Nc1nc(Nc2ccc(C(=O)N(C)C3CCN(C)CC3)cc2)ncc1Br. The van der Waals surface area contributed by atoms with Crippen LogP contribution in [-0.4, -0.2) is 76.9 Å². The molecule has 1 saturated carbocycles. The van der Waals surface area contributed by atoms with Crippen LogP contribution >= 0.6 is 15.9 Å². The van der Waals surface area contributed by atoms with E-state index in [9.17, 15) is 9.59 Å². The zero-order chi connectivity index (χ0) is 27.9. The van der Waals surface area contributed by atoms with Crippen molar-refractivity contribution in [1.82, 2.24) is 25.1 Å². The number of nitrogens with one attached hydrogen (secondary N) is 3. The number of hydrogen-bond acceptors (Lipinski definition) is 7. The maximum absolute atomic E-state index is 13.0. The highest BCUT2D eigenvalue weighted by atomic mass is 79.9. The molecule has 2 heterocycles. The number of nitrogens with zero attached hydrogens (tertiary/aromatic N) is 4. The largest absolute Gasteiger partial charge is 0.365 e. The highest BCUT2D eigenvalue weighted by Crippen LogP contribution is 2.31. The number of hydrogen-bond donors (Lipinski definition) is 3. The van der Waals surface area contributed by atoms with E-state index in [-0.39, 0.29) is 35.9 Å². The summed E-state index contributed by atoms with van der Waals surface area (Å²) < 4.78 is 0.747. The van der Waals surface area contributed by atoms with Crippen molar-refractivity contribution in [1.29, 1.82) is 0 Å². The van der Waals surface area contributed by atoms with E-state index in [0.717, 1.165) is 68.2 Å². The Kier molecular flexibility index (Phi) is 10.2. The van der Waals surface area contributed by atoms with Crippen molar-refractivity contribution < 1.29 is 9.59 Å². The Bertz CT molecular complexity index is 1120. The molecule has 1 aromatic carbocycles. The van der Waals surface area contributed by atoms with Gasteiger partial charge in [0.05, 0.1) is 10.4 Å². The molecule has 0 unspecified atom stereocenters. The van der Waals surface area contributed by atoms with Gasteiger partial charge in [-0.05, 0) is 98.9 Å². The smallest absolute Gasteiger partial charge is 0.253 e. The van der Waals surface area contributed by atoms with Crippen LogP contribution in [0.25, 0.3) is 0 Å². The van der Waals surface area contributed by atoms with Crippen LogP contribution < -0.4 is 16.0 Å². The molecule has 1 aliphatic carbocycles. The number of piperidine rings is 1. The molecule has 1 aliphatic heterocycles. The molecule has 2 amide bonds. The van der Waals surface area contributed by atoms with Gasteiger partial charge in [-0.3, -0.25) is 9.59 Å². The van der Waals surface area contributed by atoms with Gasteiger partial charge in [0.2, 0.25) is 11.9 Å². The average Bonchev–Trinajstić information content (AvgIpc) is 3.42. The molecule has 2 atom stereocenters. The number of carbonyl (C=O) groups excluding carboxylic acids is 2.